The van der Waals surface area contributed by atoms with Crippen molar-refractivity contribution >= 4 is 12.6 Å². The van der Waals surface area contributed by atoms with E-state index in [4.69, 9.17) is 12.6 Å². The van der Waals surface area contributed by atoms with Crippen molar-refractivity contribution in [3.8, 4) is 0 Å². The fraction of sp³-hybridized carbons (Fsp3) is 1.00. The van der Waals surface area contributed by atoms with Crippen LogP contribution in [-0.4, -0.2) is 30.3 Å². The van der Waals surface area contributed by atoms with E-state index in [9.17, 15) is 0 Å². The van der Waals surface area contributed by atoms with Crippen molar-refractivity contribution in [2.24, 2.45) is 0 Å². The largest absolute Gasteiger partial charge is 0.303 e. The van der Waals surface area contributed by atoms with Crippen LogP contribution in [0.4, 0.5) is 0 Å². The van der Waals surface area contributed by atoms with E-state index < -0.39 is 0 Å². The highest BCUT2D eigenvalue weighted by molar-refractivity contribution is 7.80. The average Bonchev–Trinajstić information content (AvgIpc) is 1.67. The molecule has 49 valence electrons. The molecule has 0 aliphatic heterocycles. The van der Waals surface area contributed by atoms with Crippen molar-refractivity contribution in [1.29, 1.82) is 0 Å². The molecular formula is C6H14NS. The third-order valence-electron chi connectivity index (χ3n) is 1.33. The zero-order valence-corrected chi connectivity index (χ0v) is 6.66. The average molecular weight is 132 g/mol. The van der Waals surface area contributed by atoms with Crippen molar-refractivity contribution < 1.29 is 0 Å². The summed E-state index contributed by atoms with van der Waals surface area (Å²) in [5, 5.41) is 0. The van der Waals surface area contributed by atoms with E-state index in [1.807, 2.05) is 0 Å². The Morgan fingerprint density at radius 2 is 2.00 bits per heavy atom. The van der Waals surface area contributed by atoms with Gasteiger partial charge in [0.05, 0.1) is 0 Å². The van der Waals surface area contributed by atoms with Gasteiger partial charge in [-0.1, -0.05) is 12.6 Å². The van der Waals surface area contributed by atoms with Crippen molar-refractivity contribution in [1.82, 2.24) is 4.90 Å². The summed E-state index contributed by atoms with van der Waals surface area (Å²) >= 11 is 4.81. The summed E-state index contributed by atoms with van der Waals surface area (Å²) in [5.74, 6) is 0.842. The van der Waals surface area contributed by atoms with Crippen molar-refractivity contribution in [2.75, 3.05) is 19.3 Å². The first-order valence-electron chi connectivity index (χ1n) is 2.97. The third kappa shape index (κ3) is 3.33. The lowest BCUT2D eigenvalue weighted by Gasteiger charge is -2.18. The molecule has 0 aromatic rings. The predicted octanol–water partition coefficient (Wildman–Crippen LogP) is 1.52. The van der Waals surface area contributed by atoms with Gasteiger partial charge in [-0.05, 0) is 20.9 Å². The summed E-state index contributed by atoms with van der Waals surface area (Å²) in [6.45, 7) is 5.38. The van der Waals surface area contributed by atoms with Crippen LogP contribution in [-0.2, 0) is 0 Å². The van der Waals surface area contributed by atoms with Crippen LogP contribution in [0.5, 0.6) is 0 Å². The molecule has 0 aromatic carbocycles. The Labute approximate surface area is 57.5 Å². The molecule has 0 rings (SSSR count). The Balaban J connectivity index is 3.17. The summed E-state index contributed by atoms with van der Waals surface area (Å²) < 4.78 is 0. The molecule has 0 aliphatic carbocycles. The van der Waals surface area contributed by atoms with Gasteiger partial charge in [-0.3, -0.25) is 0 Å². The lowest BCUT2D eigenvalue weighted by Crippen LogP contribution is -2.27. The molecule has 0 heterocycles. The molecular weight excluding hydrogens is 118 g/mol. The number of nitrogens with zero attached hydrogens (tertiary/aromatic N) is 1. The van der Waals surface area contributed by atoms with Crippen LogP contribution in [0.2, 0.25) is 0 Å². The third-order valence-corrected chi connectivity index (χ3v) is 1.51. The second-order valence-electron chi connectivity index (χ2n) is 2.28. The Morgan fingerprint density at radius 3 is 2.12 bits per heavy atom. The minimum absolute atomic E-state index is 0.637. The molecule has 0 amide bonds. The Kier molecular flexibility index (Phi) is 4.38. The summed E-state index contributed by atoms with van der Waals surface area (Å²) in [4.78, 5) is 2.24. The Bertz CT molecular complexity index is 54.5. The molecule has 1 radical (unpaired) electrons. The van der Waals surface area contributed by atoms with Gasteiger partial charge in [0, 0.05) is 18.3 Å². The van der Waals surface area contributed by atoms with E-state index in [0.29, 0.717) is 6.04 Å². The number of hydrogen-bond donors (Lipinski definition) is 0. The quantitative estimate of drug-likeness (QED) is 0.563. The predicted molar refractivity (Wildman–Crippen MR) is 40.2 cm³/mol. The standard InChI is InChI=1S/C6H14NS/c1-6(2)7(3)4-5-8/h6H,4-5H2,1-3H3. The normalized spacial score (nSPS) is 11.2. The highest BCUT2D eigenvalue weighted by Crippen LogP contribution is 1.91. The maximum absolute atomic E-state index is 4.81. The van der Waals surface area contributed by atoms with Gasteiger partial charge in [-0.15, -0.1) is 0 Å². The number of hydrogen-bond acceptors (Lipinski definition) is 1. The first-order chi connectivity index (χ1) is 3.68. The Morgan fingerprint density at radius 1 is 1.50 bits per heavy atom. The molecule has 2 heteroatoms. The number of rotatable bonds is 3. The van der Waals surface area contributed by atoms with E-state index in [1.165, 1.54) is 0 Å². The second-order valence-corrected chi connectivity index (χ2v) is 2.69. The Hall–Kier alpha value is 0.310. The lowest BCUT2D eigenvalue weighted by molar-refractivity contribution is 0.291. The van der Waals surface area contributed by atoms with E-state index in [0.717, 1.165) is 12.3 Å². The second kappa shape index (κ2) is 4.21. The van der Waals surface area contributed by atoms with E-state index in [-0.39, 0.29) is 0 Å². The molecule has 0 fully saturated rings. The summed E-state index contributed by atoms with van der Waals surface area (Å²) in [6.07, 6.45) is 0. The van der Waals surface area contributed by atoms with E-state index in [1.54, 1.807) is 0 Å². The fourth-order valence-electron chi connectivity index (χ4n) is 0.402. The van der Waals surface area contributed by atoms with Gasteiger partial charge >= 0.3 is 0 Å². The highest BCUT2D eigenvalue weighted by Gasteiger charge is 1.98. The molecule has 0 saturated heterocycles. The molecule has 1 nitrogen and oxygen atoms in total. The lowest BCUT2D eigenvalue weighted by atomic mass is 10.3. The van der Waals surface area contributed by atoms with Gasteiger partial charge in [-0.2, -0.15) is 0 Å². The van der Waals surface area contributed by atoms with E-state index in [2.05, 4.69) is 25.8 Å². The zero-order valence-electron chi connectivity index (χ0n) is 5.85. The van der Waals surface area contributed by atoms with Crippen LogP contribution in [0.25, 0.3) is 0 Å². The minimum atomic E-state index is 0.637. The van der Waals surface area contributed by atoms with Gasteiger partial charge in [0.2, 0.25) is 0 Å². The first kappa shape index (κ1) is 8.31. The minimum Gasteiger partial charge on any atom is -0.303 e. The summed E-state index contributed by atoms with van der Waals surface area (Å²) in [7, 11) is 2.09. The molecule has 0 N–H and O–H groups in total. The molecule has 8 heavy (non-hydrogen) atoms. The maximum Gasteiger partial charge on any atom is 0.0165 e. The van der Waals surface area contributed by atoms with Crippen molar-refractivity contribution in [2.45, 2.75) is 19.9 Å². The van der Waals surface area contributed by atoms with Crippen LogP contribution in [0.1, 0.15) is 13.8 Å². The van der Waals surface area contributed by atoms with Crippen LogP contribution in [0.3, 0.4) is 0 Å². The van der Waals surface area contributed by atoms with Gasteiger partial charge in [0.1, 0.15) is 0 Å². The van der Waals surface area contributed by atoms with E-state index >= 15 is 0 Å². The molecule has 0 spiro atoms. The first-order valence-corrected chi connectivity index (χ1v) is 3.54. The topological polar surface area (TPSA) is 3.24 Å². The van der Waals surface area contributed by atoms with Crippen molar-refractivity contribution in [3.63, 3.8) is 0 Å². The zero-order chi connectivity index (χ0) is 6.57. The van der Waals surface area contributed by atoms with Crippen LogP contribution < -0.4 is 0 Å². The monoisotopic (exact) mass is 132 g/mol. The van der Waals surface area contributed by atoms with Crippen LogP contribution >= 0.6 is 12.6 Å². The summed E-state index contributed by atoms with van der Waals surface area (Å²) in [5.41, 5.74) is 0. The van der Waals surface area contributed by atoms with Gasteiger partial charge in [-0.25, -0.2) is 0 Å². The fourth-order valence-corrected chi connectivity index (χ4v) is 0.690. The maximum atomic E-state index is 4.81. The smallest absolute Gasteiger partial charge is 0.0165 e. The van der Waals surface area contributed by atoms with Gasteiger partial charge < -0.3 is 4.90 Å². The highest BCUT2D eigenvalue weighted by atomic mass is 32.1. The summed E-state index contributed by atoms with van der Waals surface area (Å²) in [6, 6.07) is 0.637. The molecule has 0 aliphatic rings. The van der Waals surface area contributed by atoms with Crippen LogP contribution in [0, 0.1) is 0 Å². The van der Waals surface area contributed by atoms with Gasteiger partial charge in [0.15, 0.2) is 0 Å². The van der Waals surface area contributed by atoms with Crippen LogP contribution in [0.15, 0.2) is 0 Å². The molecule has 0 atom stereocenters. The molecule has 0 unspecified atom stereocenters. The SMILES string of the molecule is CC(C)N(C)CC[S]. The van der Waals surface area contributed by atoms with Gasteiger partial charge in [0.25, 0.3) is 0 Å². The van der Waals surface area contributed by atoms with Crippen molar-refractivity contribution in [3.05, 3.63) is 0 Å². The molecule has 0 aromatic heterocycles. The molecule has 0 bridgehead atoms. The molecule has 0 saturated carbocycles.